The van der Waals surface area contributed by atoms with Crippen molar-refractivity contribution in [2.75, 3.05) is 0 Å². The molecule has 0 aliphatic heterocycles. The van der Waals surface area contributed by atoms with Crippen molar-refractivity contribution < 1.29 is 4.42 Å². The summed E-state index contributed by atoms with van der Waals surface area (Å²) in [7, 11) is 0. The summed E-state index contributed by atoms with van der Waals surface area (Å²) in [6.07, 6.45) is 0. The van der Waals surface area contributed by atoms with Gasteiger partial charge in [0.2, 0.25) is 0 Å². The molecule has 16 heavy (non-hydrogen) atoms. The van der Waals surface area contributed by atoms with Crippen LogP contribution in [0.4, 0.5) is 0 Å². The van der Waals surface area contributed by atoms with E-state index in [4.69, 9.17) is 4.42 Å². The van der Waals surface area contributed by atoms with Crippen LogP contribution in [0, 0.1) is 0 Å². The standard InChI is InChI=1S/C10H5BrN2O2S/c11-9-12-7(4-16-9)5-1-2-6-8(3-5)15-10(14)13-6/h1-4H,(H,13,14). The number of oxazole rings is 1. The third kappa shape index (κ3) is 1.60. The lowest BCUT2D eigenvalue weighted by Crippen LogP contribution is -1.92. The minimum absolute atomic E-state index is 0.438. The summed E-state index contributed by atoms with van der Waals surface area (Å²) in [4.78, 5) is 17.9. The molecule has 0 aliphatic carbocycles. The molecule has 6 heteroatoms. The zero-order valence-corrected chi connectivity index (χ0v) is 10.3. The molecule has 3 rings (SSSR count). The Morgan fingerprint density at radius 2 is 2.31 bits per heavy atom. The summed E-state index contributed by atoms with van der Waals surface area (Å²) >= 11 is 4.83. The van der Waals surface area contributed by atoms with Gasteiger partial charge in [-0.2, -0.15) is 0 Å². The van der Waals surface area contributed by atoms with Crippen LogP contribution in [0.3, 0.4) is 0 Å². The van der Waals surface area contributed by atoms with Crippen molar-refractivity contribution in [2.24, 2.45) is 0 Å². The summed E-state index contributed by atoms with van der Waals surface area (Å²) < 4.78 is 5.82. The first-order valence-corrected chi connectivity index (χ1v) is 6.14. The van der Waals surface area contributed by atoms with Gasteiger partial charge in [0.05, 0.1) is 11.2 Å². The Balaban J connectivity index is 2.21. The number of fused-ring (bicyclic) bond motifs is 1. The molecular formula is C10H5BrN2O2S. The van der Waals surface area contributed by atoms with Crippen LogP contribution in [0.5, 0.6) is 0 Å². The number of halogens is 1. The fraction of sp³-hybridized carbons (Fsp3) is 0. The van der Waals surface area contributed by atoms with E-state index in [9.17, 15) is 4.79 Å². The lowest BCUT2D eigenvalue weighted by atomic mass is 10.1. The van der Waals surface area contributed by atoms with Crippen LogP contribution in [-0.4, -0.2) is 9.97 Å². The van der Waals surface area contributed by atoms with Crippen LogP contribution in [-0.2, 0) is 0 Å². The molecule has 0 saturated carbocycles. The highest BCUT2D eigenvalue weighted by Gasteiger charge is 2.06. The molecule has 1 aromatic carbocycles. The van der Waals surface area contributed by atoms with Gasteiger partial charge in [-0.3, -0.25) is 4.98 Å². The van der Waals surface area contributed by atoms with Gasteiger partial charge < -0.3 is 4.42 Å². The third-order valence-corrected chi connectivity index (χ3v) is 3.56. The van der Waals surface area contributed by atoms with E-state index in [2.05, 4.69) is 25.9 Å². The van der Waals surface area contributed by atoms with Gasteiger partial charge in [-0.25, -0.2) is 9.78 Å². The Labute approximate surface area is 102 Å². The molecule has 0 aliphatic rings. The highest BCUT2D eigenvalue weighted by molar-refractivity contribution is 9.11. The normalized spacial score (nSPS) is 11.1. The molecule has 0 radical (unpaired) electrons. The van der Waals surface area contributed by atoms with Crippen molar-refractivity contribution in [1.82, 2.24) is 9.97 Å². The first kappa shape index (κ1) is 9.80. The molecule has 2 aromatic heterocycles. The first-order valence-electron chi connectivity index (χ1n) is 4.47. The van der Waals surface area contributed by atoms with E-state index in [1.54, 1.807) is 6.07 Å². The zero-order valence-electron chi connectivity index (χ0n) is 7.86. The van der Waals surface area contributed by atoms with E-state index in [0.29, 0.717) is 11.1 Å². The topological polar surface area (TPSA) is 58.9 Å². The molecule has 0 fully saturated rings. The largest absolute Gasteiger partial charge is 0.417 e. The number of hydrogen-bond acceptors (Lipinski definition) is 4. The van der Waals surface area contributed by atoms with Crippen molar-refractivity contribution in [2.45, 2.75) is 0 Å². The summed E-state index contributed by atoms with van der Waals surface area (Å²) in [5, 5.41) is 1.94. The zero-order chi connectivity index (χ0) is 11.1. The Bertz CT molecular complexity index is 713. The number of benzene rings is 1. The molecular weight excluding hydrogens is 292 g/mol. The minimum atomic E-state index is -0.438. The second-order valence-corrected chi connectivity index (χ2v) is 5.35. The van der Waals surface area contributed by atoms with Crippen molar-refractivity contribution in [3.8, 4) is 11.3 Å². The van der Waals surface area contributed by atoms with Crippen LogP contribution < -0.4 is 5.76 Å². The lowest BCUT2D eigenvalue weighted by Gasteiger charge is -1.94. The smallest absolute Gasteiger partial charge is 0.408 e. The highest BCUT2D eigenvalue weighted by Crippen LogP contribution is 2.26. The number of hydrogen-bond donors (Lipinski definition) is 1. The number of H-pyrrole nitrogens is 1. The molecule has 4 nitrogen and oxygen atoms in total. The molecule has 0 saturated heterocycles. The molecule has 0 unspecified atom stereocenters. The fourth-order valence-electron chi connectivity index (χ4n) is 1.49. The Hall–Kier alpha value is -1.40. The third-order valence-electron chi connectivity index (χ3n) is 2.19. The van der Waals surface area contributed by atoms with Gasteiger partial charge in [0.25, 0.3) is 0 Å². The van der Waals surface area contributed by atoms with Gasteiger partial charge in [-0.1, -0.05) is 6.07 Å². The SMILES string of the molecule is O=c1[nH]c2ccc(-c3csc(Br)n3)cc2o1. The summed E-state index contributed by atoms with van der Waals surface area (Å²) in [6, 6.07) is 5.51. The minimum Gasteiger partial charge on any atom is -0.408 e. The van der Waals surface area contributed by atoms with Crippen LogP contribution in [0.15, 0.2) is 36.7 Å². The number of aromatic nitrogens is 2. The Morgan fingerprint density at radius 1 is 1.44 bits per heavy atom. The monoisotopic (exact) mass is 296 g/mol. The maximum Gasteiger partial charge on any atom is 0.417 e. The summed E-state index contributed by atoms with van der Waals surface area (Å²) in [6.45, 7) is 0. The number of nitrogens with zero attached hydrogens (tertiary/aromatic N) is 1. The number of aromatic amines is 1. The van der Waals surface area contributed by atoms with E-state index in [0.717, 1.165) is 15.2 Å². The Morgan fingerprint density at radius 3 is 3.06 bits per heavy atom. The predicted octanol–water partition coefficient (Wildman–Crippen LogP) is 3.01. The lowest BCUT2D eigenvalue weighted by molar-refractivity contribution is 0.555. The van der Waals surface area contributed by atoms with Crippen molar-refractivity contribution in [1.29, 1.82) is 0 Å². The maximum atomic E-state index is 11.0. The molecule has 3 aromatic rings. The second kappa shape index (κ2) is 3.57. The van der Waals surface area contributed by atoms with Gasteiger partial charge in [0.1, 0.15) is 0 Å². The van der Waals surface area contributed by atoms with Crippen LogP contribution in [0.25, 0.3) is 22.4 Å². The molecule has 0 amide bonds. The van der Waals surface area contributed by atoms with Crippen LogP contribution in [0.2, 0.25) is 0 Å². The average molecular weight is 297 g/mol. The molecule has 1 N–H and O–H groups in total. The van der Waals surface area contributed by atoms with Crippen LogP contribution >= 0.6 is 27.3 Å². The van der Waals surface area contributed by atoms with Gasteiger partial charge in [-0.15, -0.1) is 11.3 Å². The first-order chi connectivity index (χ1) is 7.72. The molecule has 0 atom stereocenters. The quantitative estimate of drug-likeness (QED) is 0.751. The summed E-state index contributed by atoms with van der Waals surface area (Å²) in [5.41, 5.74) is 3.04. The van der Waals surface area contributed by atoms with E-state index in [-0.39, 0.29) is 0 Å². The van der Waals surface area contributed by atoms with E-state index >= 15 is 0 Å². The van der Waals surface area contributed by atoms with Crippen molar-refractivity contribution in [3.63, 3.8) is 0 Å². The van der Waals surface area contributed by atoms with E-state index in [1.165, 1.54) is 11.3 Å². The fourth-order valence-corrected chi connectivity index (χ4v) is 2.51. The molecule has 0 bridgehead atoms. The molecule has 80 valence electrons. The van der Waals surface area contributed by atoms with Gasteiger partial charge in [0, 0.05) is 10.9 Å². The number of nitrogens with one attached hydrogen (secondary N) is 1. The van der Waals surface area contributed by atoms with Gasteiger partial charge in [0.15, 0.2) is 9.50 Å². The number of rotatable bonds is 1. The molecule has 2 heterocycles. The molecule has 0 spiro atoms. The summed E-state index contributed by atoms with van der Waals surface area (Å²) in [5.74, 6) is -0.438. The predicted molar refractivity (Wildman–Crippen MR) is 65.6 cm³/mol. The van der Waals surface area contributed by atoms with Crippen molar-refractivity contribution >= 4 is 38.4 Å². The van der Waals surface area contributed by atoms with E-state index in [1.807, 2.05) is 17.5 Å². The van der Waals surface area contributed by atoms with Gasteiger partial charge in [-0.05, 0) is 28.1 Å². The van der Waals surface area contributed by atoms with Gasteiger partial charge >= 0.3 is 5.76 Å². The van der Waals surface area contributed by atoms with Crippen molar-refractivity contribution in [3.05, 3.63) is 38.0 Å². The van der Waals surface area contributed by atoms with E-state index < -0.39 is 5.76 Å². The number of thiazole rings is 1. The maximum absolute atomic E-state index is 11.0. The average Bonchev–Trinajstić information content (AvgIpc) is 2.81. The highest BCUT2D eigenvalue weighted by atomic mass is 79.9. The Kier molecular flexibility index (Phi) is 2.19. The van der Waals surface area contributed by atoms with Crippen LogP contribution in [0.1, 0.15) is 0 Å². The second-order valence-electron chi connectivity index (χ2n) is 3.21.